The molecule has 2 aromatic carbocycles. The van der Waals surface area contributed by atoms with Crippen LogP contribution < -0.4 is 93.6 Å². The first-order valence-electron chi connectivity index (χ1n) is 15.2. The number of hydrogen-bond donors (Lipinski definition) is 0. The van der Waals surface area contributed by atoms with Crippen LogP contribution >= 0.6 is 22.6 Å². The van der Waals surface area contributed by atoms with Crippen molar-refractivity contribution in [3.63, 3.8) is 0 Å². The molecule has 0 bridgehead atoms. The minimum Gasteiger partial charge on any atom is -0.748 e. The van der Waals surface area contributed by atoms with E-state index in [1.54, 1.807) is 69.9 Å². The smallest absolute Gasteiger partial charge is 0.748 e. The van der Waals surface area contributed by atoms with Gasteiger partial charge in [0.25, 0.3) is 0 Å². The quantitative estimate of drug-likeness (QED) is 0.0636. The van der Waals surface area contributed by atoms with Gasteiger partial charge >= 0.3 is 88.7 Å². The molecule has 0 radical (unpaired) electrons. The summed E-state index contributed by atoms with van der Waals surface area (Å²) in [5.74, 6) is -2.73. The molecular formula is C32H33FIN2Na3O12S4. The standard InChI is InChI=1S/C32H36FIN2O12S4.3Na/c1-20(8-6-10-27-31(2,3)23-16-21(51(43,44)45)18-25(33)29(23)35(27)12-14-49(37,38)39)9-7-11-28-32(4,5)24-17-22(52(46,47)48)19-26(34)30(24)36(28)13-15-50(40,41)42;;;/h6-11,16-19H,12-15H2,1-5H3,(H3-,37,38,39,40,41,42,43,44,45,46,47,48);;;/q;3*+1/p-3/i33-1,34-2;;;. The van der Waals surface area contributed by atoms with Crippen molar-refractivity contribution >= 4 is 80.1 Å². The van der Waals surface area contributed by atoms with Crippen LogP contribution in [-0.2, 0) is 51.3 Å². The van der Waals surface area contributed by atoms with Crippen LogP contribution in [0.15, 0.2) is 81.8 Å². The Labute approximate surface area is 401 Å². The fourth-order valence-corrected chi connectivity index (χ4v) is 9.21. The SMILES string of the molecule is CC(/C=C/C=C1/N(CCS(=O)(=O)[O-])c2c([125I])cc(S(=O)(=O)[O-])cc2C1(C)C)=C\C=C\C1=[N+](CCS(=O)(=O)[O-])c2c([18F])cc(S(=O)(=O)[O-])cc2C1(C)C.[Na+].[Na+].[Na+]. The third-order valence-electron chi connectivity index (χ3n) is 8.76. The van der Waals surface area contributed by atoms with Crippen molar-refractivity contribution in [3.05, 3.63) is 92.5 Å². The molecule has 0 unspecified atom stereocenters. The molecule has 0 atom stereocenters. The van der Waals surface area contributed by atoms with E-state index >= 15 is 4.39 Å². The molecule has 0 saturated heterocycles. The van der Waals surface area contributed by atoms with Gasteiger partial charge in [-0.2, -0.15) is 8.97 Å². The van der Waals surface area contributed by atoms with Crippen LogP contribution in [0.2, 0.25) is 0 Å². The number of hydrogen-bond acceptors (Lipinski definition) is 13. The molecule has 14 nitrogen and oxygen atoms in total. The van der Waals surface area contributed by atoms with E-state index in [1.165, 1.54) is 22.8 Å². The Bertz CT molecular complexity index is 2470. The Morgan fingerprint density at radius 1 is 0.800 bits per heavy atom. The Hall–Kier alpha value is 0.170. The molecule has 0 aromatic heterocycles. The molecule has 4 rings (SSSR count). The van der Waals surface area contributed by atoms with Crippen LogP contribution in [0.4, 0.5) is 15.8 Å². The van der Waals surface area contributed by atoms with Crippen LogP contribution in [0.1, 0.15) is 45.7 Å². The molecule has 0 fully saturated rings. The average molecular weight is 978 g/mol. The molecule has 55 heavy (non-hydrogen) atoms. The average Bonchev–Trinajstić information content (AvgIpc) is 3.32. The maximum Gasteiger partial charge on any atom is 1.00 e. The number of halogens is 2. The van der Waals surface area contributed by atoms with E-state index in [0.717, 1.165) is 6.07 Å². The van der Waals surface area contributed by atoms with Crippen molar-refractivity contribution in [2.45, 2.75) is 55.2 Å². The van der Waals surface area contributed by atoms with Gasteiger partial charge in [0.2, 0.25) is 5.69 Å². The molecule has 0 aliphatic carbocycles. The van der Waals surface area contributed by atoms with Gasteiger partial charge in [0, 0.05) is 32.9 Å². The Balaban J connectivity index is 0.00000504. The van der Waals surface area contributed by atoms with Crippen LogP contribution in [0.25, 0.3) is 0 Å². The summed E-state index contributed by atoms with van der Waals surface area (Å²) in [5.41, 5.74) is 0.200. The van der Waals surface area contributed by atoms with Crippen molar-refractivity contribution in [2.75, 3.05) is 29.5 Å². The zero-order valence-electron chi connectivity index (χ0n) is 31.3. The van der Waals surface area contributed by atoms with E-state index in [-0.39, 0.29) is 106 Å². The summed E-state index contributed by atoms with van der Waals surface area (Å²) in [6, 6.07) is 3.98. The molecule has 0 spiro atoms. The number of nitrogens with zero attached hydrogens (tertiary/aromatic N) is 2. The maximum absolute atomic E-state index is 15.3. The number of rotatable bonds is 12. The van der Waals surface area contributed by atoms with E-state index < -0.39 is 85.0 Å². The monoisotopic (exact) mass is 977 g/mol. The molecular weight excluding hydrogens is 944 g/mol. The first kappa shape index (κ1) is 53.2. The molecule has 2 aliphatic heterocycles. The van der Waals surface area contributed by atoms with Crippen LogP contribution in [0.5, 0.6) is 0 Å². The predicted octanol–water partition coefficient (Wildman–Crippen LogP) is -5.54. The van der Waals surface area contributed by atoms with Gasteiger partial charge in [0.05, 0.1) is 42.5 Å². The van der Waals surface area contributed by atoms with Crippen molar-refractivity contribution in [3.8, 4) is 0 Å². The van der Waals surface area contributed by atoms with Gasteiger partial charge in [-0.05, 0) is 79.3 Å². The molecule has 0 amide bonds. The van der Waals surface area contributed by atoms with Gasteiger partial charge < -0.3 is 23.1 Å². The van der Waals surface area contributed by atoms with Gasteiger partial charge in [-0.1, -0.05) is 43.7 Å². The zero-order valence-corrected chi connectivity index (χ0v) is 42.7. The third kappa shape index (κ3) is 12.6. The van der Waals surface area contributed by atoms with Crippen LogP contribution in [0, 0.1) is 9.39 Å². The second kappa shape index (κ2) is 19.3. The topological polar surface area (TPSA) is 235 Å². The van der Waals surface area contributed by atoms with E-state index in [0.29, 0.717) is 37.9 Å². The first-order chi connectivity index (χ1) is 23.6. The van der Waals surface area contributed by atoms with Crippen molar-refractivity contribution in [1.29, 1.82) is 0 Å². The zero-order chi connectivity index (χ0) is 39.4. The normalized spacial score (nSPS) is 17.6. The Morgan fingerprint density at radius 2 is 1.33 bits per heavy atom. The van der Waals surface area contributed by atoms with E-state index in [1.807, 2.05) is 22.6 Å². The van der Waals surface area contributed by atoms with Crippen LogP contribution in [0.3, 0.4) is 0 Å². The summed E-state index contributed by atoms with van der Waals surface area (Å²) in [6.45, 7) is 7.74. The summed E-state index contributed by atoms with van der Waals surface area (Å²) in [7, 11) is -19.2. The minimum absolute atomic E-state index is 0. The fraction of sp³-hybridized carbons (Fsp3) is 0.344. The van der Waals surface area contributed by atoms with E-state index in [9.17, 15) is 51.9 Å². The van der Waals surface area contributed by atoms with Gasteiger partial charge in [0.1, 0.15) is 30.4 Å². The third-order valence-corrected chi connectivity index (χ3v) is 12.6. The van der Waals surface area contributed by atoms with Gasteiger partial charge in [-0.25, -0.2) is 33.7 Å². The van der Waals surface area contributed by atoms with Gasteiger partial charge in [0.15, 0.2) is 18.1 Å². The molecule has 0 saturated carbocycles. The fourth-order valence-electron chi connectivity index (χ4n) is 6.24. The number of benzene rings is 2. The summed E-state index contributed by atoms with van der Waals surface area (Å²) >= 11 is 1.85. The summed E-state index contributed by atoms with van der Waals surface area (Å²) in [4.78, 5) is 0.328. The minimum atomic E-state index is -5.04. The second-order valence-corrected chi connectivity index (χ2v) is 20.1. The predicted molar refractivity (Wildman–Crippen MR) is 194 cm³/mol. The van der Waals surface area contributed by atoms with Gasteiger partial charge in [-0.3, -0.25) is 0 Å². The molecule has 0 N–H and O–H groups in total. The molecule has 2 heterocycles. The summed E-state index contributed by atoms with van der Waals surface area (Å²) < 4.78 is 157. The number of fused-ring (bicyclic) bond motifs is 2. The van der Waals surface area contributed by atoms with E-state index in [4.69, 9.17) is 0 Å². The maximum atomic E-state index is 15.3. The van der Waals surface area contributed by atoms with Crippen LogP contribution in [-0.4, -0.2) is 86.8 Å². The van der Waals surface area contributed by atoms with Crippen molar-refractivity contribution in [2.24, 2.45) is 0 Å². The molecule has 284 valence electrons. The Kier molecular flexibility index (Phi) is 18.6. The second-order valence-electron chi connectivity index (χ2n) is 13.2. The largest absolute Gasteiger partial charge is 1.00 e. The molecule has 2 aromatic rings. The number of anilines is 1. The van der Waals surface area contributed by atoms with Crippen molar-refractivity contribution in [1.82, 2.24) is 0 Å². The molecule has 23 heteroatoms. The first-order valence-corrected chi connectivity index (χ1v) is 22.2. The van der Waals surface area contributed by atoms with E-state index in [2.05, 4.69) is 0 Å². The number of allylic oxidation sites excluding steroid dienone is 8. The Morgan fingerprint density at radius 3 is 1.85 bits per heavy atom. The summed E-state index contributed by atoms with van der Waals surface area (Å²) in [6.07, 6.45) is 9.69. The molecule has 2 aliphatic rings. The van der Waals surface area contributed by atoms with Gasteiger partial charge in [-0.15, -0.1) is 0 Å². The summed E-state index contributed by atoms with van der Waals surface area (Å²) in [5, 5.41) is 0. The van der Waals surface area contributed by atoms with Crippen molar-refractivity contribution < 1.29 is 150 Å².